The molecule has 0 saturated carbocycles. The van der Waals surface area contributed by atoms with Gasteiger partial charge in [-0.05, 0) is 24.3 Å². The van der Waals surface area contributed by atoms with Gasteiger partial charge in [-0.15, -0.1) is 5.10 Å². The molecule has 0 amide bonds. The SMILES string of the molecule is CNc1nn(-c2ccc(Cl)cc2)c(N)c1C#N. The van der Waals surface area contributed by atoms with E-state index < -0.39 is 0 Å². The van der Waals surface area contributed by atoms with E-state index in [1.807, 2.05) is 6.07 Å². The van der Waals surface area contributed by atoms with Crippen molar-refractivity contribution in [2.75, 3.05) is 18.1 Å². The fourth-order valence-corrected chi connectivity index (χ4v) is 1.62. The molecule has 6 heteroatoms. The fourth-order valence-electron chi connectivity index (χ4n) is 1.50. The molecule has 5 nitrogen and oxygen atoms in total. The van der Waals surface area contributed by atoms with Gasteiger partial charge in [0.2, 0.25) is 0 Å². The summed E-state index contributed by atoms with van der Waals surface area (Å²) in [4.78, 5) is 0. The Morgan fingerprint density at radius 3 is 2.53 bits per heavy atom. The highest BCUT2D eigenvalue weighted by molar-refractivity contribution is 6.30. The number of nitrogens with zero attached hydrogens (tertiary/aromatic N) is 3. The van der Waals surface area contributed by atoms with Crippen LogP contribution in [0.3, 0.4) is 0 Å². The van der Waals surface area contributed by atoms with Gasteiger partial charge in [0, 0.05) is 12.1 Å². The van der Waals surface area contributed by atoms with E-state index in [0.717, 1.165) is 5.69 Å². The van der Waals surface area contributed by atoms with E-state index >= 15 is 0 Å². The maximum atomic E-state index is 8.99. The minimum atomic E-state index is 0.305. The quantitative estimate of drug-likeness (QED) is 0.851. The molecule has 0 saturated heterocycles. The molecule has 0 fully saturated rings. The van der Waals surface area contributed by atoms with E-state index in [4.69, 9.17) is 22.6 Å². The van der Waals surface area contributed by atoms with Gasteiger partial charge in [0.25, 0.3) is 0 Å². The number of benzene rings is 1. The zero-order valence-electron chi connectivity index (χ0n) is 9.11. The van der Waals surface area contributed by atoms with Gasteiger partial charge in [-0.2, -0.15) is 5.26 Å². The summed E-state index contributed by atoms with van der Waals surface area (Å²) < 4.78 is 1.50. The maximum absolute atomic E-state index is 8.99. The molecule has 0 bridgehead atoms. The molecule has 0 radical (unpaired) electrons. The van der Waals surface area contributed by atoms with Crippen molar-refractivity contribution in [2.24, 2.45) is 0 Å². The van der Waals surface area contributed by atoms with Crippen molar-refractivity contribution in [3.8, 4) is 11.8 Å². The monoisotopic (exact) mass is 247 g/mol. The average Bonchev–Trinajstić information content (AvgIpc) is 2.66. The normalized spacial score (nSPS) is 9.94. The van der Waals surface area contributed by atoms with Crippen LogP contribution in [0.15, 0.2) is 24.3 Å². The van der Waals surface area contributed by atoms with Crippen molar-refractivity contribution in [1.29, 1.82) is 5.26 Å². The molecular formula is C11H10ClN5. The van der Waals surface area contributed by atoms with Crippen LogP contribution in [-0.4, -0.2) is 16.8 Å². The summed E-state index contributed by atoms with van der Waals surface area (Å²) >= 11 is 5.80. The Hall–Kier alpha value is -2.19. The Kier molecular flexibility index (Phi) is 2.90. The Bertz CT molecular complexity index is 579. The highest BCUT2D eigenvalue weighted by Gasteiger charge is 2.15. The van der Waals surface area contributed by atoms with Crippen LogP contribution in [-0.2, 0) is 0 Å². The summed E-state index contributed by atoms with van der Waals surface area (Å²) in [5, 5.41) is 16.7. The van der Waals surface area contributed by atoms with Crippen LogP contribution in [0.2, 0.25) is 5.02 Å². The Morgan fingerprint density at radius 2 is 2.06 bits per heavy atom. The molecule has 0 aliphatic carbocycles. The van der Waals surface area contributed by atoms with Crippen LogP contribution < -0.4 is 11.1 Å². The number of aromatic nitrogens is 2. The third-order valence-corrected chi connectivity index (χ3v) is 2.59. The highest BCUT2D eigenvalue weighted by atomic mass is 35.5. The minimum absolute atomic E-state index is 0.305. The van der Waals surface area contributed by atoms with Gasteiger partial charge >= 0.3 is 0 Å². The summed E-state index contributed by atoms with van der Waals surface area (Å²) in [7, 11) is 1.69. The molecule has 1 heterocycles. The van der Waals surface area contributed by atoms with Gasteiger partial charge in [0.1, 0.15) is 17.5 Å². The van der Waals surface area contributed by atoms with Crippen molar-refractivity contribution >= 4 is 23.2 Å². The molecule has 0 unspecified atom stereocenters. The van der Waals surface area contributed by atoms with Crippen molar-refractivity contribution < 1.29 is 0 Å². The van der Waals surface area contributed by atoms with Crippen molar-refractivity contribution in [3.63, 3.8) is 0 Å². The standard InChI is InChI=1S/C11H10ClN5/c1-15-11-9(6-13)10(14)17(16-11)8-4-2-7(12)3-5-8/h2-5H,14H2,1H3,(H,15,16). The third kappa shape index (κ3) is 1.90. The first-order valence-electron chi connectivity index (χ1n) is 4.89. The van der Waals surface area contributed by atoms with Gasteiger partial charge in [-0.1, -0.05) is 11.6 Å². The van der Waals surface area contributed by atoms with Crippen LogP contribution in [0, 0.1) is 11.3 Å². The molecule has 0 aliphatic heterocycles. The van der Waals surface area contributed by atoms with E-state index in [9.17, 15) is 0 Å². The molecule has 3 N–H and O–H groups in total. The number of nitrogen functional groups attached to an aromatic ring is 1. The second kappa shape index (κ2) is 4.36. The lowest BCUT2D eigenvalue weighted by Gasteiger charge is -2.03. The lowest BCUT2D eigenvalue weighted by molar-refractivity contribution is 0.894. The molecule has 0 spiro atoms. The van der Waals surface area contributed by atoms with Gasteiger partial charge < -0.3 is 11.1 Å². The highest BCUT2D eigenvalue weighted by Crippen LogP contribution is 2.24. The van der Waals surface area contributed by atoms with E-state index in [-0.39, 0.29) is 0 Å². The van der Waals surface area contributed by atoms with Crippen molar-refractivity contribution in [3.05, 3.63) is 34.9 Å². The Morgan fingerprint density at radius 1 is 1.41 bits per heavy atom. The lowest BCUT2D eigenvalue weighted by Crippen LogP contribution is -2.02. The van der Waals surface area contributed by atoms with Gasteiger partial charge in [-0.3, -0.25) is 0 Å². The second-order valence-corrected chi connectivity index (χ2v) is 3.80. The predicted octanol–water partition coefficient (Wildman–Crippen LogP) is 2.02. The molecule has 17 heavy (non-hydrogen) atoms. The third-order valence-electron chi connectivity index (χ3n) is 2.34. The minimum Gasteiger partial charge on any atom is -0.382 e. The summed E-state index contributed by atoms with van der Waals surface area (Å²) in [6.45, 7) is 0. The lowest BCUT2D eigenvalue weighted by atomic mass is 10.3. The number of anilines is 2. The predicted molar refractivity (Wildman–Crippen MR) is 67.2 cm³/mol. The van der Waals surface area contributed by atoms with E-state index in [0.29, 0.717) is 22.2 Å². The van der Waals surface area contributed by atoms with Gasteiger partial charge in [0.05, 0.1) is 5.69 Å². The van der Waals surface area contributed by atoms with Crippen LogP contribution in [0.5, 0.6) is 0 Å². The molecule has 1 aromatic heterocycles. The Labute approximate surface area is 103 Å². The number of hydrogen-bond acceptors (Lipinski definition) is 4. The van der Waals surface area contributed by atoms with Crippen LogP contribution in [0.4, 0.5) is 11.6 Å². The van der Waals surface area contributed by atoms with E-state index in [2.05, 4.69) is 10.4 Å². The van der Waals surface area contributed by atoms with Crippen molar-refractivity contribution in [1.82, 2.24) is 9.78 Å². The molecule has 0 aliphatic rings. The van der Waals surface area contributed by atoms with Crippen LogP contribution in [0.25, 0.3) is 5.69 Å². The van der Waals surface area contributed by atoms with Gasteiger partial charge in [0.15, 0.2) is 5.82 Å². The summed E-state index contributed by atoms with van der Waals surface area (Å²) in [6.07, 6.45) is 0. The smallest absolute Gasteiger partial charge is 0.168 e. The molecular weight excluding hydrogens is 238 g/mol. The molecule has 86 valence electrons. The zero-order valence-corrected chi connectivity index (χ0v) is 9.86. The number of halogens is 1. The summed E-state index contributed by atoms with van der Waals surface area (Å²) in [5.41, 5.74) is 6.96. The topological polar surface area (TPSA) is 79.7 Å². The first-order valence-corrected chi connectivity index (χ1v) is 5.27. The fraction of sp³-hybridized carbons (Fsp3) is 0.0909. The maximum Gasteiger partial charge on any atom is 0.168 e. The number of nitrogens with one attached hydrogen (secondary N) is 1. The van der Waals surface area contributed by atoms with Gasteiger partial charge in [-0.25, -0.2) is 4.68 Å². The van der Waals surface area contributed by atoms with Crippen LogP contribution in [0.1, 0.15) is 5.56 Å². The van der Waals surface area contributed by atoms with Crippen LogP contribution >= 0.6 is 11.6 Å². The number of hydrogen-bond donors (Lipinski definition) is 2. The number of nitriles is 1. The first-order chi connectivity index (χ1) is 8.17. The molecule has 2 rings (SSSR count). The second-order valence-electron chi connectivity index (χ2n) is 3.36. The average molecular weight is 248 g/mol. The molecule has 0 atom stereocenters. The number of rotatable bonds is 2. The first kappa shape index (κ1) is 11.3. The molecule has 1 aromatic carbocycles. The summed E-state index contributed by atoms with van der Waals surface area (Å²) in [5.74, 6) is 0.763. The summed E-state index contributed by atoms with van der Waals surface area (Å²) in [6, 6.07) is 9.07. The Balaban J connectivity index is 2.57. The van der Waals surface area contributed by atoms with Crippen molar-refractivity contribution in [2.45, 2.75) is 0 Å². The zero-order chi connectivity index (χ0) is 12.4. The largest absolute Gasteiger partial charge is 0.382 e. The van der Waals surface area contributed by atoms with E-state index in [1.165, 1.54) is 4.68 Å². The van der Waals surface area contributed by atoms with E-state index in [1.54, 1.807) is 31.3 Å². The number of nitrogens with two attached hydrogens (primary N) is 1. The molecule has 2 aromatic rings.